The average Bonchev–Trinajstić information content (AvgIpc) is 3.18. The minimum atomic E-state index is -3.93. The summed E-state index contributed by atoms with van der Waals surface area (Å²) in [7, 11) is -0.472. The van der Waals surface area contributed by atoms with Crippen LogP contribution in [0.2, 0.25) is 5.02 Å². The molecule has 1 N–H and O–H groups in total. The van der Waals surface area contributed by atoms with Crippen molar-refractivity contribution in [1.82, 2.24) is 9.62 Å². The van der Waals surface area contributed by atoms with Gasteiger partial charge in [0.15, 0.2) is 0 Å². The second-order valence-electron chi connectivity index (χ2n) is 14.3. The molecule has 2 aromatic rings. The van der Waals surface area contributed by atoms with Crippen LogP contribution in [0.15, 0.2) is 48.6 Å². The van der Waals surface area contributed by atoms with E-state index in [2.05, 4.69) is 21.8 Å². The van der Waals surface area contributed by atoms with Gasteiger partial charge in [-0.3, -0.25) is 9.59 Å². The SMILES string of the molecule is CC[C@@H]1CC/C=C/[C@H](O[C@@H](C)C(=O)N(C)C)[C@@H]2CC[C@H]2CN2C[C@@]3(CCCc4cc(Cl)ccc43)COc3ccc(cc32)C(=O)NS1(=O)=O. The molecule has 1 fully saturated rings. The molecule has 2 bridgehead atoms. The molecule has 9 nitrogen and oxygen atoms in total. The first-order valence-electron chi connectivity index (χ1n) is 17.3. The Labute approximate surface area is 290 Å². The molecular formula is C37H48ClN3O6S. The van der Waals surface area contributed by atoms with Crippen LogP contribution in [-0.2, 0) is 31.4 Å². The topological polar surface area (TPSA) is 105 Å². The van der Waals surface area contributed by atoms with Crippen molar-refractivity contribution in [3.05, 3.63) is 70.3 Å². The molecule has 1 saturated carbocycles. The van der Waals surface area contributed by atoms with Gasteiger partial charge in [0.2, 0.25) is 10.0 Å². The fourth-order valence-corrected chi connectivity index (χ4v) is 9.72. The molecule has 1 spiro atoms. The summed E-state index contributed by atoms with van der Waals surface area (Å²) in [4.78, 5) is 30.3. The molecule has 2 aromatic carbocycles. The van der Waals surface area contributed by atoms with Crippen molar-refractivity contribution in [3.8, 4) is 5.75 Å². The zero-order valence-corrected chi connectivity index (χ0v) is 30.0. The van der Waals surface area contributed by atoms with Gasteiger partial charge in [0.1, 0.15) is 11.9 Å². The lowest BCUT2D eigenvalue weighted by Crippen LogP contribution is -2.50. The Morgan fingerprint density at radius 1 is 1.19 bits per heavy atom. The van der Waals surface area contributed by atoms with Crippen molar-refractivity contribution >= 4 is 39.1 Å². The molecule has 6 atom stereocenters. The lowest BCUT2D eigenvalue weighted by molar-refractivity contribution is -0.146. The molecule has 0 saturated heterocycles. The summed E-state index contributed by atoms with van der Waals surface area (Å²) >= 11 is 6.44. The van der Waals surface area contributed by atoms with E-state index in [1.54, 1.807) is 44.1 Å². The minimum Gasteiger partial charge on any atom is -0.490 e. The van der Waals surface area contributed by atoms with Crippen molar-refractivity contribution < 1.29 is 27.5 Å². The number of benzene rings is 2. The van der Waals surface area contributed by atoms with Crippen LogP contribution in [0.3, 0.4) is 0 Å². The number of hydrogen-bond donors (Lipinski definition) is 1. The molecule has 0 unspecified atom stereocenters. The van der Waals surface area contributed by atoms with E-state index in [4.69, 9.17) is 21.1 Å². The molecule has 2 aliphatic heterocycles. The van der Waals surface area contributed by atoms with E-state index < -0.39 is 27.3 Å². The fourth-order valence-electron chi connectivity index (χ4n) is 8.10. The number of rotatable bonds is 4. The first kappa shape index (κ1) is 34.8. The summed E-state index contributed by atoms with van der Waals surface area (Å²) in [6, 6.07) is 11.4. The highest BCUT2D eigenvalue weighted by atomic mass is 35.5. The number of allylic oxidation sites excluding steroid dienone is 1. The summed E-state index contributed by atoms with van der Waals surface area (Å²) in [6.45, 7) is 5.48. The third-order valence-corrected chi connectivity index (χ3v) is 13.1. The van der Waals surface area contributed by atoms with E-state index in [1.807, 2.05) is 25.1 Å². The Morgan fingerprint density at radius 3 is 2.73 bits per heavy atom. The number of anilines is 1. The van der Waals surface area contributed by atoms with E-state index in [9.17, 15) is 18.0 Å². The number of likely N-dealkylation sites (N-methyl/N-ethyl adjacent to an activating group) is 1. The van der Waals surface area contributed by atoms with Gasteiger partial charge in [0.05, 0.1) is 23.6 Å². The highest BCUT2D eigenvalue weighted by Crippen LogP contribution is 2.47. The third-order valence-electron chi connectivity index (χ3n) is 10.9. The van der Waals surface area contributed by atoms with Crippen LogP contribution in [0.5, 0.6) is 5.75 Å². The molecule has 0 aromatic heterocycles. The van der Waals surface area contributed by atoms with Gasteiger partial charge in [0, 0.05) is 43.2 Å². The number of carbonyl (C=O) groups is 2. The number of nitrogens with zero attached hydrogens (tertiary/aromatic N) is 2. The number of halogens is 1. The van der Waals surface area contributed by atoms with Gasteiger partial charge in [-0.1, -0.05) is 36.7 Å². The lowest BCUT2D eigenvalue weighted by Gasteiger charge is -2.46. The van der Waals surface area contributed by atoms with Crippen LogP contribution in [0.25, 0.3) is 0 Å². The average molecular weight is 698 g/mol. The molecule has 260 valence electrons. The maximum absolute atomic E-state index is 13.5. The van der Waals surface area contributed by atoms with Crippen LogP contribution in [0.1, 0.15) is 80.3 Å². The van der Waals surface area contributed by atoms with Gasteiger partial charge in [0.25, 0.3) is 11.8 Å². The van der Waals surface area contributed by atoms with Crippen LogP contribution in [-0.4, -0.2) is 76.4 Å². The van der Waals surface area contributed by atoms with Crippen molar-refractivity contribution in [2.45, 2.75) is 88.1 Å². The molecule has 2 heterocycles. The van der Waals surface area contributed by atoms with Crippen LogP contribution in [0.4, 0.5) is 5.69 Å². The zero-order chi connectivity index (χ0) is 34.2. The Bertz CT molecular complexity index is 1680. The van der Waals surface area contributed by atoms with Gasteiger partial charge in [-0.05, 0) is 112 Å². The summed E-state index contributed by atoms with van der Waals surface area (Å²) in [5, 5.41) is -0.00704. The second-order valence-corrected chi connectivity index (χ2v) is 16.7. The molecular weight excluding hydrogens is 650 g/mol. The maximum atomic E-state index is 13.5. The molecule has 0 radical (unpaired) electrons. The van der Waals surface area contributed by atoms with Gasteiger partial charge < -0.3 is 19.3 Å². The summed E-state index contributed by atoms with van der Waals surface area (Å²) < 4.78 is 42.3. The van der Waals surface area contributed by atoms with Crippen molar-refractivity contribution in [3.63, 3.8) is 0 Å². The predicted octanol–water partition coefficient (Wildman–Crippen LogP) is 5.89. The van der Waals surface area contributed by atoms with Gasteiger partial charge in [-0.25, -0.2) is 13.1 Å². The van der Waals surface area contributed by atoms with Crippen LogP contribution in [0, 0.1) is 11.8 Å². The Morgan fingerprint density at radius 2 is 2.00 bits per heavy atom. The molecule has 2 aliphatic carbocycles. The standard InChI is InChI=1S/C37H48ClN3O6S/c1-5-29-10-6-7-11-33(47-24(2)36(43)40(3)4)30-15-12-27(30)21-41-22-37(18-8-9-25-19-28(38)14-16-31(25)37)23-46-34-17-13-26(20-32(34)41)35(42)39-48(29,44)45/h7,11,13-14,16-17,19-20,24,27,29-30,33H,5-6,8-10,12,15,18,21-23H2,1-4H3,(H,39,42)/b11-7+/t24-,27-,29+,30+,33-,37-/m0/s1. The molecule has 48 heavy (non-hydrogen) atoms. The second kappa shape index (κ2) is 14.0. The summed E-state index contributed by atoms with van der Waals surface area (Å²) in [5.74, 6) is 0.388. The zero-order valence-electron chi connectivity index (χ0n) is 28.4. The van der Waals surface area contributed by atoms with Crippen molar-refractivity contribution in [1.29, 1.82) is 0 Å². The van der Waals surface area contributed by atoms with Crippen molar-refractivity contribution in [2.24, 2.45) is 11.8 Å². The fraction of sp³-hybridized carbons (Fsp3) is 0.568. The summed E-state index contributed by atoms with van der Waals surface area (Å²) in [6.07, 6.45) is 9.22. The monoisotopic (exact) mass is 697 g/mol. The van der Waals surface area contributed by atoms with Crippen LogP contribution >= 0.6 is 11.6 Å². The highest BCUT2D eigenvalue weighted by Gasteiger charge is 2.45. The van der Waals surface area contributed by atoms with Gasteiger partial charge in [-0.2, -0.15) is 0 Å². The molecule has 6 rings (SSSR count). The number of carbonyl (C=O) groups excluding carboxylic acids is 2. The highest BCUT2D eigenvalue weighted by molar-refractivity contribution is 7.90. The third kappa shape index (κ3) is 6.98. The Balaban J connectivity index is 1.41. The smallest absolute Gasteiger partial charge is 0.264 e. The Kier molecular flexibility index (Phi) is 10.2. The van der Waals surface area contributed by atoms with E-state index in [0.29, 0.717) is 44.7 Å². The number of nitrogens with one attached hydrogen (secondary N) is 1. The largest absolute Gasteiger partial charge is 0.490 e. The number of ether oxygens (including phenoxy) is 2. The van der Waals surface area contributed by atoms with E-state index >= 15 is 0 Å². The lowest BCUT2D eigenvalue weighted by atomic mass is 9.68. The minimum absolute atomic E-state index is 0.0940. The maximum Gasteiger partial charge on any atom is 0.264 e. The number of hydrogen-bond acceptors (Lipinski definition) is 7. The molecule has 2 amide bonds. The first-order valence-corrected chi connectivity index (χ1v) is 19.2. The van der Waals surface area contributed by atoms with E-state index in [1.165, 1.54) is 11.1 Å². The van der Waals surface area contributed by atoms with Crippen molar-refractivity contribution in [2.75, 3.05) is 38.7 Å². The van der Waals surface area contributed by atoms with Crippen LogP contribution < -0.4 is 14.4 Å². The number of amides is 2. The number of aryl methyl sites for hydroxylation is 1. The summed E-state index contributed by atoms with van der Waals surface area (Å²) in [5.41, 5.74) is 3.26. The molecule has 11 heteroatoms. The van der Waals surface area contributed by atoms with Gasteiger partial charge >= 0.3 is 0 Å². The quantitative estimate of drug-likeness (QED) is 0.398. The Hall–Kier alpha value is -3.08. The first-order chi connectivity index (χ1) is 22.9. The van der Waals surface area contributed by atoms with E-state index in [-0.39, 0.29) is 34.8 Å². The number of sulfonamides is 1. The normalized spacial score (nSPS) is 29.6. The number of fused-ring (bicyclic) bond motifs is 4. The van der Waals surface area contributed by atoms with E-state index in [0.717, 1.165) is 42.8 Å². The molecule has 4 aliphatic rings. The van der Waals surface area contributed by atoms with Gasteiger partial charge in [-0.15, -0.1) is 0 Å². The predicted molar refractivity (Wildman–Crippen MR) is 188 cm³/mol.